The Morgan fingerprint density at radius 2 is 2.10 bits per heavy atom. The van der Waals surface area contributed by atoms with Crippen molar-refractivity contribution in [2.45, 2.75) is 26.3 Å². The summed E-state index contributed by atoms with van der Waals surface area (Å²) in [7, 11) is 0. The van der Waals surface area contributed by atoms with E-state index in [1.807, 2.05) is 13.8 Å². The number of anilines is 1. The lowest BCUT2D eigenvalue weighted by Crippen LogP contribution is -2.42. The van der Waals surface area contributed by atoms with Gasteiger partial charge in [0.25, 0.3) is 0 Å². The molecule has 1 atom stereocenters. The van der Waals surface area contributed by atoms with E-state index in [-0.39, 0.29) is 30.1 Å². The molecule has 0 aliphatic carbocycles. The Bertz CT molecular complexity index is 525. The summed E-state index contributed by atoms with van der Waals surface area (Å²) in [6, 6.07) is 3.81. The minimum atomic E-state index is -0.993. The molecule has 0 aliphatic rings. The van der Waals surface area contributed by atoms with Gasteiger partial charge in [-0.1, -0.05) is 18.5 Å². The van der Waals surface area contributed by atoms with Gasteiger partial charge in [-0.3, -0.25) is 14.5 Å². The standard InChI is InChI=1S/C14H18ClFN2O3/c1-3-9(2)18(8-14(20)21)7-13(19)17-10-4-5-12(16)11(15)6-10/h4-6,9H,3,7-8H2,1-2H3,(H,17,19)(H,20,21). The first-order valence-electron chi connectivity index (χ1n) is 6.54. The minimum Gasteiger partial charge on any atom is -0.480 e. The SMILES string of the molecule is CCC(C)N(CC(=O)O)CC(=O)Nc1ccc(F)c(Cl)c1. The summed E-state index contributed by atoms with van der Waals surface area (Å²) in [5.41, 5.74) is 0.367. The van der Waals surface area contributed by atoms with Crippen LogP contribution in [0.2, 0.25) is 5.02 Å². The maximum absolute atomic E-state index is 13.0. The molecule has 1 amide bonds. The average Bonchev–Trinajstić information content (AvgIpc) is 2.40. The first-order chi connectivity index (χ1) is 9.83. The molecule has 0 fully saturated rings. The van der Waals surface area contributed by atoms with E-state index in [2.05, 4.69) is 5.32 Å². The highest BCUT2D eigenvalue weighted by molar-refractivity contribution is 6.31. The molecule has 0 saturated heterocycles. The molecule has 0 radical (unpaired) electrons. The lowest BCUT2D eigenvalue weighted by molar-refractivity contribution is -0.139. The van der Waals surface area contributed by atoms with Crippen molar-refractivity contribution in [3.8, 4) is 0 Å². The molecule has 7 heteroatoms. The number of carbonyl (C=O) groups excluding carboxylic acids is 1. The summed E-state index contributed by atoms with van der Waals surface area (Å²) in [5, 5.41) is 11.3. The summed E-state index contributed by atoms with van der Waals surface area (Å²) < 4.78 is 13.0. The van der Waals surface area contributed by atoms with E-state index in [9.17, 15) is 14.0 Å². The zero-order valence-corrected chi connectivity index (χ0v) is 12.7. The van der Waals surface area contributed by atoms with Gasteiger partial charge in [0, 0.05) is 11.7 Å². The highest BCUT2D eigenvalue weighted by Crippen LogP contribution is 2.19. The van der Waals surface area contributed by atoms with Gasteiger partial charge in [0.05, 0.1) is 18.1 Å². The normalized spacial score (nSPS) is 12.2. The van der Waals surface area contributed by atoms with Crippen molar-refractivity contribution >= 4 is 29.2 Å². The summed E-state index contributed by atoms with van der Waals surface area (Å²) in [6.07, 6.45) is 0.725. The van der Waals surface area contributed by atoms with Gasteiger partial charge in [0.15, 0.2) is 0 Å². The van der Waals surface area contributed by atoms with E-state index in [4.69, 9.17) is 16.7 Å². The smallest absolute Gasteiger partial charge is 0.317 e. The summed E-state index contributed by atoms with van der Waals surface area (Å²) in [4.78, 5) is 24.3. The molecule has 1 aromatic carbocycles. The number of carboxylic acids is 1. The number of carbonyl (C=O) groups is 2. The number of halogens is 2. The molecule has 0 saturated carbocycles. The Balaban J connectivity index is 2.68. The van der Waals surface area contributed by atoms with Crippen LogP contribution in [0, 0.1) is 5.82 Å². The molecule has 0 aromatic heterocycles. The molecular weight excluding hydrogens is 299 g/mol. The maximum atomic E-state index is 13.0. The second-order valence-corrected chi connectivity index (χ2v) is 5.14. The van der Waals surface area contributed by atoms with Crippen LogP contribution in [-0.4, -0.2) is 41.0 Å². The zero-order valence-electron chi connectivity index (χ0n) is 11.9. The molecular formula is C14H18ClFN2O3. The van der Waals surface area contributed by atoms with Gasteiger partial charge >= 0.3 is 5.97 Å². The minimum absolute atomic E-state index is 0.0383. The number of benzene rings is 1. The molecule has 2 N–H and O–H groups in total. The molecule has 21 heavy (non-hydrogen) atoms. The van der Waals surface area contributed by atoms with E-state index < -0.39 is 11.8 Å². The van der Waals surface area contributed by atoms with Gasteiger partial charge in [-0.05, 0) is 31.5 Å². The average molecular weight is 317 g/mol. The van der Waals surface area contributed by atoms with Gasteiger partial charge in [0.1, 0.15) is 5.82 Å². The summed E-state index contributed by atoms with van der Waals surface area (Å²) >= 11 is 5.63. The number of carboxylic acid groups (broad SMARTS) is 1. The van der Waals surface area contributed by atoms with Crippen molar-refractivity contribution in [2.24, 2.45) is 0 Å². The van der Waals surface area contributed by atoms with Gasteiger partial charge < -0.3 is 10.4 Å². The van der Waals surface area contributed by atoms with Crippen molar-refractivity contribution in [1.29, 1.82) is 0 Å². The molecule has 1 aromatic rings. The Hall–Kier alpha value is -1.66. The molecule has 1 unspecified atom stereocenters. The fourth-order valence-electron chi connectivity index (χ4n) is 1.76. The third kappa shape index (κ3) is 5.69. The number of nitrogens with zero attached hydrogens (tertiary/aromatic N) is 1. The Kier molecular flexibility index (Phi) is 6.58. The fraction of sp³-hybridized carbons (Fsp3) is 0.429. The van der Waals surface area contributed by atoms with Gasteiger partial charge in [-0.25, -0.2) is 4.39 Å². The van der Waals surface area contributed by atoms with Crippen molar-refractivity contribution in [3.05, 3.63) is 29.0 Å². The second-order valence-electron chi connectivity index (χ2n) is 4.73. The molecule has 0 spiro atoms. The van der Waals surface area contributed by atoms with Crippen LogP contribution in [0.1, 0.15) is 20.3 Å². The van der Waals surface area contributed by atoms with Gasteiger partial charge in [-0.15, -0.1) is 0 Å². The molecule has 1 rings (SSSR count). The monoisotopic (exact) mass is 316 g/mol. The highest BCUT2D eigenvalue weighted by Gasteiger charge is 2.19. The van der Waals surface area contributed by atoms with Crippen LogP contribution in [-0.2, 0) is 9.59 Å². The third-order valence-electron chi connectivity index (χ3n) is 3.10. The van der Waals surface area contributed by atoms with Crippen molar-refractivity contribution in [3.63, 3.8) is 0 Å². The molecule has 116 valence electrons. The van der Waals surface area contributed by atoms with Crippen molar-refractivity contribution in [2.75, 3.05) is 18.4 Å². The number of hydrogen-bond acceptors (Lipinski definition) is 3. The third-order valence-corrected chi connectivity index (χ3v) is 3.39. The van der Waals surface area contributed by atoms with Gasteiger partial charge in [0.2, 0.25) is 5.91 Å². The van der Waals surface area contributed by atoms with Crippen LogP contribution < -0.4 is 5.32 Å². The quantitative estimate of drug-likeness (QED) is 0.811. The molecule has 0 aliphatic heterocycles. The lowest BCUT2D eigenvalue weighted by Gasteiger charge is -2.25. The van der Waals surface area contributed by atoms with Crippen LogP contribution in [0.25, 0.3) is 0 Å². The number of aliphatic carboxylic acids is 1. The Morgan fingerprint density at radius 1 is 1.43 bits per heavy atom. The van der Waals surface area contributed by atoms with E-state index in [1.165, 1.54) is 12.1 Å². The largest absolute Gasteiger partial charge is 0.480 e. The first-order valence-corrected chi connectivity index (χ1v) is 6.92. The second kappa shape index (κ2) is 7.95. The van der Waals surface area contributed by atoms with Gasteiger partial charge in [-0.2, -0.15) is 0 Å². The van der Waals surface area contributed by atoms with Crippen LogP contribution in [0.3, 0.4) is 0 Å². The molecule has 0 heterocycles. The van der Waals surface area contributed by atoms with Crippen molar-refractivity contribution < 1.29 is 19.1 Å². The fourth-order valence-corrected chi connectivity index (χ4v) is 1.94. The van der Waals surface area contributed by atoms with E-state index in [0.717, 1.165) is 12.5 Å². The van der Waals surface area contributed by atoms with Crippen LogP contribution in [0.15, 0.2) is 18.2 Å². The predicted octanol–water partition coefficient (Wildman–Crippen LogP) is 2.60. The van der Waals surface area contributed by atoms with E-state index >= 15 is 0 Å². The van der Waals surface area contributed by atoms with E-state index in [1.54, 1.807) is 4.90 Å². The lowest BCUT2D eigenvalue weighted by atomic mass is 10.2. The first kappa shape index (κ1) is 17.4. The number of hydrogen-bond donors (Lipinski definition) is 2. The summed E-state index contributed by atoms with van der Waals surface area (Å²) in [6.45, 7) is 3.49. The van der Waals surface area contributed by atoms with E-state index in [0.29, 0.717) is 5.69 Å². The predicted molar refractivity (Wildman–Crippen MR) is 79.0 cm³/mol. The number of amides is 1. The number of nitrogens with one attached hydrogen (secondary N) is 1. The zero-order chi connectivity index (χ0) is 16.0. The van der Waals surface area contributed by atoms with Crippen molar-refractivity contribution in [1.82, 2.24) is 4.90 Å². The summed E-state index contributed by atoms with van der Waals surface area (Å²) in [5.74, 6) is -1.94. The van der Waals surface area contributed by atoms with Crippen LogP contribution >= 0.6 is 11.6 Å². The Morgan fingerprint density at radius 3 is 2.62 bits per heavy atom. The Labute approximate surface area is 127 Å². The number of rotatable bonds is 7. The highest BCUT2D eigenvalue weighted by atomic mass is 35.5. The topological polar surface area (TPSA) is 69.6 Å². The molecule has 0 bridgehead atoms. The van der Waals surface area contributed by atoms with Crippen LogP contribution in [0.4, 0.5) is 10.1 Å². The molecule has 5 nitrogen and oxygen atoms in total. The maximum Gasteiger partial charge on any atom is 0.317 e. The van der Waals surface area contributed by atoms with Crippen LogP contribution in [0.5, 0.6) is 0 Å².